The molecule has 1 N–H and O–H groups in total. The Kier molecular flexibility index (Phi) is 5.43. The highest BCUT2D eigenvalue weighted by atomic mass is 16.5. The number of anilines is 2. The van der Waals surface area contributed by atoms with Gasteiger partial charge in [0.25, 0.3) is 0 Å². The van der Waals surface area contributed by atoms with E-state index in [1.54, 1.807) is 0 Å². The fourth-order valence-electron chi connectivity index (χ4n) is 3.46. The first kappa shape index (κ1) is 16.2. The van der Waals surface area contributed by atoms with Gasteiger partial charge >= 0.3 is 0 Å². The van der Waals surface area contributed by atoms with E-state index in [2.05, 4.69) is 27.3 Å². The van der Waals surface area contributed by atoms with Gasteiger partial charge in [0.2, 0.25) is 5.91 Å². The minimum atomic E-state index is 0.0248. The van der Waals surface area contributed by atoms with E-state index in [4.69, 9.17) is 4.74 Å². The van der Waals surface area contributed by atoms with Crippen LogP contribution >= 0.6 is 0 Å². The summed E-state index contributed by atoms with van der Waals surface area (Å²) in [7, 11) is 0. The summed E-state index contributed by atoms with van der Waals surface area (Å²) in [6, 6.07) is 4.39. The normalized spacial score (nSPS) is 22.8. The number of carbonyl (C=O) groups excluding carboxylic acids is 1. The Morgan fingerprint density at radius 1 is 1.26 bits per heavy atom. The molecule has 1 atom stereocenters. The molecule has 126 valence electrons. The van der Waals surface area contributed by atoms with Gasteiger partial charge in [-0.2, -0.15) is 0 Å². The van der Waals surface area contributed by atoms with Crippen LogP contribution in [0.15, 0.2) is 12.1 Å². The molecule has 0 aromatic carbocycles. The van der Waals surface area contributed by atoms with Crippen LogP contribution in [0.25, 0.3) is 0 Å². The summed E-state index contributed by atoms with van der Waals surface area (Å²) in [5.41, 5.74) is 0. The minimum absolute atomic E-state index is 0.0248. The van der Waals surface area contributed by atoms with Gasteiger partial charge in [-0.25, -0.2) is 0 Å². The largest absolute Gasteiger partial charge is 0.381 e. The molecule has 1 aromatic heterocycles. The second kappa shape index (κ2) is 7.73. The van der Waals surface area contributed by atoms with Gasteiger partial charge in [0.05, 0.1) is 0 Å². The Bertz CT molecular complexity index is 514. The van der Waals surface area contributed by atoms with Crippen molar-refractivity contribution in [1.29, 1.82) is 0 Å². The highest BCUT2D eigenvalue weighted by Crippen LogP contribution is 2.25. The number of carbonyl (C=O) groups is 1. The van der Waals surface area contributed by atoms with Crippen molar-refractivity contribution in [3.8, 4) is 0 Å². The smallest absolute Gasteiger partial charge is 0.228 e. The van der Waals surface area contributed by atoms with Gasteiger partial charge in [-0.3, -0.25) is 4.79 Å². The number of piperidine rings is 1. The third-order valence-corrected chi connectivity index (χ3v) is 4.89. The van der Waals surface area contributed by atoms with Crippen LogP contribution in [0.3, 0.4) is 0 Å². The zero-order valence-electron chi connectivity index (χ0n) is 13.8. The van der Waals surface area contributed by atoms with Crippen molar-refractivity contribution in [3.05, 3.63) is 12.1 Å². The number of aromatic nitrogens is 2. The summed E-state index contributed by atoms with van der Waals surface area (Å²) >= 11 is 0. The molecule has 0 bridgehead atoms. The van der Waals surface area contributed by atoms with Crippen molar-refractivity contribution >= 4 is 17.5 Å². The molecular formula is C17H26N4O2. The Morgan fingerprint density at radius 2 is 2.09 bits per heavy atom. The summed E-state index contributed by atoms with van der Waals surface area (Å²) in [5.74, 6) is 1.51. The first-order valence-electron chi connectivity index (χ1n) is 8.77. The molecule has 2 aliphatic rings. The molecular weight excluding hydrogens is 292 g/mol. The fourth-order valence-corrected chi connectivity index (χ4v) is 3.46. The van der Waals surface area contributed by atoms with E-state index in [-0.39, 0.29) is 11.8 Å². The predicted octanol–water partition coefficient (Wildman–Crippen LogP) is 2.61. The van der Waals surface area contributed by atoms with Crippen LogP contribution in [0, 0.1) is 5.92 Å². The molecule has 2 saturated heterocycles. The van der Waals surface area contributed by atoms with Crippen LogP contribution in [-0.2, 0) is 9.53 Å². The second-order valence-electron chi connectivity index (χ2n) is 6.40. The maximum atomic E-state index is 12.2. The standard InChI is InChI=1S/C17H26N4O2/c1-2-14-5-3-4-10-21(14)16-7-6-15(19-20-16)18-17(22)13-8-11-23-12-9-13/h6-7,13-14H,2-5,8-12H2,1H3,(H,18,19,22). The lowest BCUT2D eigenvalue weighted by molar-refractivity contribution is -0.122. The predicted molar refractivity (Wildman–Crippen MR) is 89.5 cm³/mol. The van der Waals surface area contributed by atoms with Crippen molar-refractivity contribution in [1.82, 2.24) is 10.2 Å². The Morgan fingerprint density at radius 3 is 2.78 bits per heavy atom. The van der Waals surface area contributed by atoms with Gasteiger partial charge in [0.1, 0.15) is 0 Å². The van der Waals surface area contributed by atoms with Gasteiger partial charge in [0, 0.05) is 31.7 Å². The maximum absolute atomic E-state index is 12.2. The number of amides is 1. The van der Waals surface area contributed by atoms with Crippen molar-refractivity contribution in [2.24, 2.45) is 5.92 Å². The molecule has 6 heteroatoms. The molecule has 0 saturated carbocycles. The van der Waals surface area contributed by atoms with E-state index >= 15 is 0 Å². The molecule has 0 aliphatic carbocycles. The van der Waals surface area contributed by atoms with E-state index in [9.17, 15) is 4.79 Å². The van der Waals surface area contributed by atoms with Gasteiger partial charge in [-0.05, 0) is 50.7 Å². The quantitative estimate of drug-likeness (QED) is 0.924. The second-order valence-corrected chi connectivity index (χ2v) is 6.40. The molecule has 2 fully saturated rings. The lowest BCUT2D eigenvalue weighted by Crippen LogP contribution is -2.39. The average molecular weight is 318 g/mol. The molecule has 23 heavy (non-hydrogen) atoms. The average Bonchev–Trinajstić information content (AvgIpc) is 2.63. The molecule has 6 nitrogen and oxygen atoms in total. The number of rotatable bonds is 4. The molecule has 0 spiro atoms. The van der Waals surface area contributed by atoms with Crippen molar-refractivity contribution in [2.75, 3.05) is 30.0 Å². The Balaban J connectivity index is 1.61. The first-order valence-corrected chi connectivity index (χ1v) is 8.77. The topological polar surface area (TPSA) is 67.4 Å². The van der Waals surface area contributed by atoms with E-state index in [1.165, 1.54) is 19.3 Å². The summed E-state index contributed by atoms with van der Waals surface area (Å²) in [5, 5.41) is 11.4. The van der Waals surface area contributed by atoms with Gasteiger partial charge in [-0.1, -0.05) is 6.92 Å². The minimum Gasteiger partial charge on any atom is -0.381 e. The lowest BCUT2D eigenvalue weighted by atomic mass is 9.99. The molecule has 2 aliphatic heterocycles. The fraction of sp³-hybridized carbons (Fsp3) is 0.706. The number of nitrogens with zero attached hydrogens (tertiary/aromatic N) is 3. The van der Waals surface area contributed by atoms with Crippen LogP contribution in [0.2, 0.25) is 0 Å². The van der Waals surface area contributed by atoms with E-state index in [0.717, 1.165) is 31.6 Å². The van der Waals surface area contributed by atoms with Crippen molar-refractivity contribution in [2.45, 2.75) is 51.5 Å². The third-order valence-electron chi connectivity index (χ3n) is 4.89. The van der Waals surface area contributed by atoms with Gasteiger partial charge in [0.15, 0.2) is 11.6 Å². The summed E-state index contributed by atoms with van der Waals surface area (Å²) in [4.78, 5) is 14.6. The molecule has 1 unspecified atom stereocenters. The molecule has 3 heterocycles. The third kappa shape index (κ3) is 3.99. The zero-order valence-corrected chi connectivity index (χ0v) is 13.8. The SMILES string of the molecule is CCC1CCCCN1c1ccc(NC(=O)C2CCOCC2)nn1. The van der Waals surface area contributed by atoms with Crippen LogP contribution in [0.5, 0.6) is 0 Å². The van der Waals surface area contributed by atoms with E-state index in [1.807, 2.05) is 12.1 Å². The lowest BCUT2D eigenvalue weighted by Gasteiger charge is -2.35. The monoisotopic (exact) mass is 318 g/mol. The van der Waals surface area contributed by atoms with Crippen LogP contribution in [-0.4, -0.2) is 41.9 Å². The Hall–Kier alpha value is -1.69. The van der Waals surface area contributed by atoms with Crippen molar-refractivity contribution < 1.29 is 9.53 Å². The Labute approximate surface area is 137 Å². The molecule has 0 radical (unpaired) electrons. The molecule has 3 rings (SSSR count). The number of hydrogen-bond acceptors (Lipinski definition) is 5. The molecule has 1 aromatic rings. The van der Waals surface area contributed by atoms with Gasteiger partial charge in [-0.15, -0.1) is 10.2 Å². The van der Waals surface area contributed by atoms with Gasteiger partial charge < -0.3 is 15.0 Å². The van der Waals surface area contributed by atoms with Crippen LogP contribution in [0.4, 0.5) is 11.6 Å². The van der Waals surface area contributed by atoms with E-state index < -0.39 is 0 Å². The number of ether oxygens (including phenoxy) is 1. The highest BCUT2D eigenvalue weighted by Gasteiger charge is 2.24. The maximum Gasteiger partial charge on any atom is 0.228 e. The molecule has 1 amide bonds. The summed E-state index contributed by atoms with van der Waals surface area (Å²) < 4.78 is 5.29. The first-order chi connectivity index (χ1) is 11.3. The van der Waals surface area contributed by atoms with Crippen LogP contribution < -0.4 is 10.2 Å². The van der Waals surface area contributed by atoms with E-state index in [0.29, 0.717) is 25.1 Å². The summed E-state index contributed by atoms with van der Waals surface area (Å²) in [6.07, 6.45) is 6.42. The van der Waals surface area contributed by atoms with Crippen molar-refractivity contribution in [3.63, 3.8) is 0 Å². The number of nitrogens with one attached hydrogen (secondary N) is 1. The highest BCUT2D eigenvalue weighted by molar-refractivity contribution is 5.91. The van der Waals surface area contributed by atoms with Crippen LogP contribution in [0.1, 0.15) is 45.4 Å². The summed E-state index contributed by atoms with van der Waals surface area (Å²) in [6.45, 7) is 4.59. The zero-order chi connectivity index (χ0) is 16.1. The number of hydrogen-bond donors (Lipinski definition) is 1.